The van der Waals surface area contributed by atoms with Crippen LogP contribution in [-0.4, -0.2) is 57.6 Å². The van der Waals surface area contributed by atoms with Gasteiger partial charge in [-0.25, -0.2) is 9.97 Å². The number of nitrogens with zero attached hydrogens (tertiary/aromatic N) is 4. The number of para-hydroxylation sites is 2. The molecule has 1 aliphatic rings. The summed E-state index contributed by atoms with van der Waals surface area (Å²) < 4.78 is 7.25. The van der Waals surface area contributed by atoms with Crippen molar-refractivity contribution in [1.29, 1.82) is 0 Å². The van der Waals surface area contributed by atoms with E-state index in [0.717, 1.165) is 43.8 Å². The highest BCUT2D eigenvalue weighted by molar-refractivity contribution is 7.13. The number of aromatic nitrogens is 3. The van der Waals surface area contributed by atoms with Crippen molar-refractivity contribution < 1.29 is 14.3 Å². The topological polar surface area (TPSA) is 89.4 Å². The van der Waals surface area contributed by atoms with Crippen LogP contribution in [0.4, 0.5) is 5.13 Å². The first-order valence-corrected chi connectivity index (χ1v) is 11.9. The molecule has 0 radical (unpaired) electrons. The molecule has 1 amide bonds. The van der Waals surface area contributed by atoms with Gasteiger partial charge in [0.2, 0.25) is 5.91 Å². The summed E-state index contributed by atoms with van der Waals surface area (Å²) in [6.07, 6.45) is 2.24. The largest absolute Gasteiger partial charge is 0.466 e. The second kappa shape index (κ2) is 10.2. The fourth-order valence-corrected chi connectivity index (χ4v) is 4.91. The number of carbonyl (C=O) groups is 2. The summed E-state index contributed by atoms with van der Waals surface area (Å²) in [6.45, 7) is 7.30. The summed E-state index contributed by atoms with van der Waals surface area (Å²) in [5.41, 5.74) is 2.86. The second-order valence-electron chi connectivity index (χ2n) is 8.15. The zero-order valence-electron chi connectivity index (χ0n) is 18.5. The Bertz CT molecular complexity index is 1080. The molecular formula is C23H29N5O3S. The maximum Gasteiger partial charge on any atom is 0.311 e. The van der Waals surface area contributed by atoms with Crippen LogP contribution in [0.2, 0.25) is 0 Å². The van der Waals surface area contributed by atoms with Crippen molar-refractivity contribution in [2.24, 2.45) is 5.92 Å². The Balaban J connectivity index is 1.23. The fraction of sp³-hybridized carbons (Fsp3) is 0.478. The van der Waals surface area contributed by atoms with Crippen molar-refractivity contribution in [1.82, 2.24) is 19.4 Å². The number of amides is 1. The van der Waals surface area contributed by atoms with Crippen LogP contribution in [0.1, 0.15) is 31.3 Å². The van der Waals surface area contributed by atoms with Gasteiger partial charge in [0.1, 0.15) is 5.82 Å². The van der Waals surface area contributed by atoms with E-state index in [0.29, 0.717) is 29.9 Å². The first-order valence-electron chi connectivity index (χ1n) is 11.1. The predicted molar refractivity (Wildman–Crippen MR) is 125 cm³/mol. The molecule has 4 rings (SSSR count). The number of benzene rings is 1. The minimum atomic E-state index is -0.308. The molecule has 3 heterocycles. The summed E-state index contributed by atoms with van der Waals surface area (Å²) in [4.78, 5) is 35.2. The quantitative estimate of drug-likeness (QED) is 0.525. The van der Waals surface area contributed by atoms with Crippen molar-refractivity contribution >= 4 is 39.4 Å². The Kier molecular flexibility index (Phi) is 7.16. The number of ether oxygens (including phenoxy) is 1. The number of carbonyl (C=O) groups excluding carboxylic acids is 2. The van der Waals surface area contributed by atoms with Gasteiger partial charge in [-0.15, -0.1) is 11.3 Å². The van der Waals surface area contributed by atoms with E-state index in [2.05, 4.69) is 49.9 Å². The average Bonchev–Trinajstić information content (AvgIpc) is 3.33. The molecule has 1 saturated heterocycles. The Morgan fingerprint density at radius 2 is 2.00 bits per heavy atom. The van der Waals surface area contributed by atoms with Gasteiger partial charge in [0.25, 0.3) is 0 Å². The third kappa shape index (κ3) is 5.52. The number of nitrogens with one attached hydrogen (secondary N) is 1. The first-order chi connectivity index (χ1) is 15.5. The lowest BCUT2D eigenvalue weighted by molar-refractivity contribution is -0.142. The summed E-state index contributed by atoms with van der Waals surface area (Å²) >= 11 is 1.33. The summed E-state index contributed by atoms with van der Waals surface area (Å²) in [5.74, 6) is 1.25. The van der Waals surface area contributed by atoms with Gasteiger partial charge in [0.05, 0.1) is 36.3 Å². The molecule has 1 fully saturated rings. The molecule has 0 atom stereocenters. The number of imidazole rings is 1. The number of hydrogen-bond donors (Lipinski definition) is 1. The van der Waals surface area contributed by atoms with Crippen molar-refractivity contribution in [3.8, 4) is 0 Å². The molecule has 0 bridgehead atoms. The third-order valence-corrected chi connectivity index (χ3v) is 6.60. The number of thiazole rings is 1. The lowest BCUT2D eigenvalue weighted by atomic mass is 9.96. The van der Waals surface area contributed by atoms with E-state index < -0.39 is 0 Å². The van der Waals surface area contributed by atoms with E-state index in [4.69, 9.17) is 4.74 Å². The number of anilines is 1. The van der Waals surface area contributed by atoms with Gasteiger partial charge in [-0.05, 0) is 57.8 Å². The number of piperidine rings is 1. The van der Waals surface area contributed by atoms with Crippen molar-refractivity contribution in [3.63, 3.8) is 0 Å². The number of fused-ring (bicyclic) bond motifs is 1. The van der Waals surface area contributed by atoms with Crippen molar-refractivity contribution in [2.45, 2.75) is 39.7 Å². The molecule has 0 saturated carbocycles. The lowest BCUT2D eigenvalue weighted by Gasteiger charge is -2.31. The van der Waals surface area contributed by atoms with Crippen LogP contribution < -0.4 is 5.32 Å². The van der Waals surface area contributed by atoms with E-state index in [1.54, 1.807) is 12.3 Å². The number of hydrogen-bond acceptors (Lipinski definition) is 7. The predicted octanol–water partition coefficient (Wildman–Crippen LogP) is 3.26. The maximum absolute atomic E-state index is 12.5. The van der Waals surface area contributed by atoms with Crippen LogP contribution in [0.15, 0.2) is 29.6 Å². The van der Waals surface area contributed by atoms with Gasteiger partial charge in [0.15, 0.2) is 5.13 Å². The molecule has 1 N–H and O–H groups in total. The third-order valence-electron chi connectivity index (χ3n) is 5.79. The van der Waals surface area contributed by atoms with E-state index in [-0.39, 0.29) is 18.3 Å². The molecule has 3 aromatic rings. The number of aryl methyl sites for hydroxylation is 1. The van der Waals surface area contributed by atoms with E-state index in [9.17, 15) is 9.59 Å². The molecule has 32 heavy (non-hydrogen) atoms. The van der Waals surface area contributed by atoms with Crippen LogP contribution in [-0.2, 0) is 27.3 Å². The minimum absolute atomic E-state index is 0.0723. The van der Waals surface area contributed by atoms with E-state index >= 15 is 0 Å². The highest BCUT2D eigenvalue weighted by atomic mass is 32.1. The van der Waals surface area contributed by atoms with E-state index in [1.165, 1.54) is 16.9 Å². The van der Waals surface area contributed by atoms with Gasteiger partial charge in [-0.3, -0.25) is 14.5 Å². The highest BCUT2D eigenvalue weighted by Crippen LogP contribution is 2.23. The minimum Gasteiger partial charge on any atom is -0.466 e. The van der Waals surface area contributed by atoms with Crippen LogP contribution in [0, 0.1) is 12.8 Å². The van der Waals surface area contributed by atoms with Crippen LogP contribution in [0.3, 0.4) is 0 Å². The number of esters is 1. The summed E-state index contributed by atoms with van der Waals surface area (Å²) in [7, 11) is 0. The molecule has 0 spiro atoms. The molecule has 0 aliphatic carbocycles. The maximum atomic E-state index is 12.5. The van der Waals surface area contributed by atoms with E-state index in [1.807, 2.05) is 6.07 Å². The molecular weight excluding hydrogens is 426 g/mol. The van der Waals surface area contributed by atoms with Gasteiger partial charge in [0, 0.05) is 11.9 Å². The van der Waals surface area contributed by atoms with Gasteiger partial charge >= 0.3 is 5.97 Å². The Morgan fingerprint density at radius 3 is 2.78 bits per heavy atom. The summed E-state index contributed by atoms with van der Waals surface area (Å²) in [6, 6.07) is 8.27. The van der Waals surface area contributed by atoms with Crippen LogP contribution >= 0.6 is 11.3 Å². The molecule has 170 valence electrons. The Hall–Kier alpha value is -2.78. The molecule has 1 aromatic carbocycles. The van der Waals surface area contributed by atoms with Crippen LogP contribution in [0.25, 0.3) is 11.0 Å². The Morgan fingerprint density at radius 1 is 1.22 bits per heavy atom. The molecule has 0 unspecified atom stereocenters. The fourth-order valence-electron chi connectivity index (χ4n) is 4.18. The first kappa shape index (κ1) is 22.4. The molecule has 2 aromatic heterocycles. The van der Waals surface area contributed by atoms with Gasteiger partial charge < -0.3 is 14.6 Å². The second-order valence-corrected chi connectivity index (χ2v) is 9.01. The number of likely N-dealkylation sites (tertiary alicyclic amines) is 1. The van der Waals surface area contributed by atoms with Crippen molar-refractivity contribution in [3.05, 3.63) is 41.2 Å². The highest BCUT2D eigenvalue weighted by Gasteiger charge is 2.23. The monoisotopic (exact) mass is 455 g/mol. The molecule has 1 aliphatic heterocycles. The molecule has 9 heteroatoms. The van der Waals surface area contributed by atoms with Gasteiger partial charge in [-0.2, -0.15) is 0 Å². The lowest BCUT2D eigenvalue weighted by Crippen LogP contribution is -2.40. The molecule has 8 nitrogen and oxygen atoms in total. The normalized spacial score (nSPS) is 15.2. The SMILES string of the molecule is CCOC(=O)Cc1csc(NC(=O)CN2CCC(Cn3c(C)nc4ccccc43)CC2)n1. The average molecular weight is 456 g/mol. The van der Waals surface area contributed by atoms with Crippen molar-refractivity contribution in [2.75, 3.05) is 31.6 Å². The number of rotatable bonds is 8. The standard InChI is InChI=1S/C23H29N5O3S/c1-3-31-22(30)12-18-15-32-23(25-18)26-21(29)14-27-10-8-17(9-11-27)13-28-16(2)24-19-6-4-5-7-20(19)28/h4-7,15,17H,3,8-14H2,1-2H3,(H,25,26,29). The summed E-state index contributed by atoms with van der Waals surface area (Å²) in [5, 5.41) is 5.15. The van der Waals surface area contributed by atoms with Crippen LogP contribution in [0.5, 0.6) is 0 Å². The zero-order chi connectivity index (χ0) is 22.5. The van der Waals surface area contributed by atoms with Gasteiger partial charge in [-0.1, -0.05) is 12.1 Å². The zero-order valence-corrected chi connectivity index (χ0v) is 19.4. The smallest absolute Gasteiger partial charge is 0.311 e. The Labute approximate surface area is 191 Å².